The third-order valence-electron chi connectivity index (χ3n) is 5.05. The molecule has 0 spiro atoms. The Morgan fingerprint density at radius 1 is 1.25 bits per heavy atom. The van der Waals surface area contributed by atoms with Gasteiger partial charge in [-0.3, -0.25) is 4.68 Å². The molecule has 28 heavy (non-hydrogen) atoms. The lowest BCUT2D eigenvalue weighted by molar-refractivity contribution is 0.330. The van der Waals surface area contributed by atoms with Gasteiger partial charge in [0.15, 0.2) is 0 Å². The highest BCUT2D eigenvalue weighted by Gasteiger charge is 2.30. The summed E-state index contributed by atoms with van der Waals surface area (Å²) >= 11 is 0. The van der Waals surface area contributed by atoms with E-state index in [-0.39, 0.29) is 16.8 Å². The Morgan fingerprint density at radius 3 is 2.68 bits per heavy atom. The SMILES string of the molecule is Cc1cc(NC2CCN(S(=O)(=O)c3cnn(C)c3)CC2)c2cccc(F)c2n1. The van der Waals surface area contributed by atoms with Gasteiger partial charge in [0, 0.05) is 49.1 Å². The van der Waals surface area contributed by atoms with Crippen molar-refractivity contribution in [3.05, 3.63) is 48.2 Å². The third-order valence-corrected chi connectivity index (χ3v) is 6.90. The van der Waals surface area contributed by atoms with Crippen LogP contribution in [0.25, 0.3) is 10.9 Å². The fraction of sp³-hybridized carbons (Fsp3) is 0.368. The van der Waals surface area contributed by atoms with E-state index in [1.807, 2.05) is 19.1 Å². The summed E-state index contributed by atoms with van der Waals surface area (Å²) in [6.45, 7) is 2.68. The molecule has 1 aliphatic heterocycles. The van der Waals surface area contributed by atoms with Crippen LogP contribution in [0, 0.1) is 12.7 Å². The molecule has 9 heteroatoms. The maximum atomic E-state index is 14.1. The van der Waals surface area contributed by atoms with Gasteiger partial charge in [0.2, 0.25) is 10.0 Å². The maximum Gasteiger partial charge on any atom is 0.246 e. The zero-order valence-electron chi connectivity index (χ0n) is 15.8. The first-order chi connectivity index (χ1) is 13.3. The van der Waals surface area contributed by atoms with Crippen LogP contribution in [0.15, 0.2) is 41.6 Å². The van der Waals surface area contributed by atoms with E-state index >= 15 is 0 Å². The molecule has 0 saturated carbocycles. The van der Waals surface area contributed by atoms with Crippen molar-refractivity contribution in [1.82, 2.24) is 19.1 Å². The van der Waals surface area contributed by atoms with Gasteiger partial charge in [-0.2, -0.15) is 9.40 Å². The minimum Gasteiger partial charge on any atom is -0.382 e. The fourth-order valence-electron chi connectivity index (χ4n) is 3.60. The van der Waals surface area contributed by atoms with Crippen molar-refractivity contribution in [3.63, 3.8) is 0 Å². The van der Waals surface area contributed by atoms with Crippen molar-refractivity contribution in [1.29, 1.82) is 0 Å². The summed E-state index contributed by atoms with van der Waals surface area (Å²) in [6.07, 6.45) is 4.22. The Morgan fingerprint density at radius 2 is 2.00 bits per heavy atom. The predicted octanol–water partition coefficient (Wildman–Crippen LogP) is 2.68. The summed E-state index contributed by atoms with van der Waals surface area (Å²) in [4.78, 5) is 4.51. The van der Waals surface area contributed by atoms with Crippen LogP contribution in [0.3, 0.4) is 0 Å². The molecule has 1 aliphatic rings. The summed E-state index contributed by atoms with van der Waals surface area (Å²) in [5.41, 5.74) is 1.91. The standard InChI is InChI=1S/C19H22FN5O2S/c1-13-10-18(16-4-3-5-17(20)19(16)22-13)23-14-6-8-25(9-7-14)28(26,27)15-11-21-24(2)12-15/h3-5,10-12,14H,6-9H2,1-2H3,(H,22,23). The molecule has 0 atom stereocenters. The van der Waals surface area contributed by atoms with E-state index in [1.165, 1.54) is 27.4 Å². The average Bonchev–Trinajstić information content (AvgIpc) is 3.10. The number of rotatable bonds is 4. The van der Waals surface area contributed by atoms with Crippen LogP contribution in [0.1, 0.15) is 18.5 Å². The summed E-state index contributed by atoms with van der Waals surface area (Å²) in [6, 6.07) is 6.92. The third kappa shape index (κ3) is 3.47. The van der Waals surface area contributed by atoms with Gasteiger partial charge in [-0.15, -0.1) is 0 Å². The van der Waals surface area contributed by atoms with E-state index in [9.17, 15) is 12.8 Å². The molecule has 3 aromatic rings. The maximum absolute atomic E-state index is 14.1. The van der Waals surface area contributed by atoms with Gasteiger partial charge in [0.25, 0.3) is 0 Å². The first-order valence-electron chi connectivity index (χ1n) is 9.16. The molecular weight excluding hydrogens is 381 g/mol. The molecule has 0 unspecified atom stereocenters. The molecular formula is C19H22FN5O2S. The van der Waals surface area contributed by atoms with Crippen molar-refractivity contribution >= 4 is 26.6 Å². The number of nitrogens with zero attached hydrogens (tertiary/aromatic N) is 4. The minimum atomic E-state index is -3.52. The number of fused-ring (bicyclic) bond motifs is 1. The Kier molecular flexibility index (Phi) is 4.80. The molecule has 4 rings (SSSR count). The Bertz CT molecular complexity index is 1120. The summed E-state index contributed by atoms with van der Waals surface area (Å²) in [7, 11) is -1.83. The molecule has 0 aliphatic carbocycles. The molecule has 2 aromatic heterocycles. The van der Waals surface area contributed by atoms with E-state index in [4.69, 9.17) is 0 Å². The number of nitrogens with one attached hydrogen (secondary N) is 1. The first-order valence-corrected chi connectivity index (χ1v) is 10.6. The summed E-state index contributed by atoms with van der Waals surface area (Å²) in [5, 5.41) is 8.15. The fourth-order valence-corrected chi connectivity index (χ4v) is 5.06. The Labute approximate surface area is 163 Å². The molecule has 1 fully saturated rings. The molecule has 1 N–H and O–H groups in total. The predicted molar refractivity (Wildman–Crippen MR) is 105 cm³/mol. The highest BCUT2D eigenvalue weighted by molar-refractivity contribution is 7.89. The number of pyridine rings is 1. The van der Waals surface area contributed by atoms with Gasteiger partial charge < -0.3 is 5.32 Å². The quantitative estimate of drug-likeness (QED) is 0.725. The van der Waals surface area contributed by atoms with E-state index in [2.05, 4.69) is 15.4 Å². The van der Waals surface area contributed by atoms with E-state index < -0.39 is 10.0 Å². The van der Waals surface area contributed by atoms with Gasteiger partial charge in [-0.25, -0.2) is 17.8 Å². The van der Waals surface area contributed by atoms with Crippen LogP contribution in [-0.2, 0) is 17.1 Å². The minimum absolute atomic E-state index is 0.105. The Hall–Kier alpha value is -2.52. The van der Waals surface area contributed by atoms with E-state index in [0.717, 1.165) is 16.8 Å². The number of hydrogen-bond acceptors (Lipinski definition) is 5. The number of aryl methyl sites for hydroxylation is 2. The van der Waals surface area contributed by atoms with Gasteiger partial charge in [0.05, 0.1) is 6.20 Å². The lowest BCUT2D eigenvalue weighted by atomic mass is 10.1. The van der Waals surface area contributed by atoms with Gasteiger partial charge in [0.1, 0.15) is 16.2 Å². The number of para-hydroxylation sites is 1. The van der Waals surface area contributed by atoms with Crippen molar-refractivity contribution in [2.24, 2.45) is 7.05 Å². The molecule has 3 heterocycles. The smallest absolute Gasteiger partial charge is 0.246 e. The van der Waals surface area contributed by atoms with Crippen molar-refractivity contribution in [3.8, 4) is 0 Å². The lowest BCUT2D eigenvalue weighted by Gasteiger charge is -2.32. The zero-order valence-corrected chi connectivity index (χ0v) is 16.6. The van der Waals surface area contributed by atoms with E-state index in [0.29, 0.717) is 31.4 Å². The monoisotopic (exact) mass is 403 g/mol. The van der Waals surface area contributed by atoms with Crippen molar-refractivity contribution < 1.29 is 12.8 Å². The van der Waals surface area contributed by atoms with Gasteiger partial charge in [-0.1, -0.05) is 12.1 Å². The summed E-state index contributed by atoms with van der Waals surface area (Å²) < 4.78 is 42.5. The van der Waals surface area contributed by atoms with Crippen LogP contribution >= 0.6 is 0 Å². The molecule has 1 aromatic carbocycles. The van der Waals surface area contributed by atoms with Crippen LogP contribution < -0.4 is 5.32 Å². The highest BCUT2D eigenvalue weighted by Crippen LogP contribution is 2.28. The average molecular weight is 403 g/mol. The topological polar surface area (TPSA) is 80.1 Å². The van der Waals surface area contributed by atoms with Gasteiger partial charge >= 0.3 is 0 Å². The number of aromatic nitrogens is 3. The van der Waals surface area contributed by atoms with Crippen molar-refractivity contribution in [2.45, 2.75) is 30.7 Å². The molecule has 1 saturated heterocycles. The molecule has 7 nitrogen and oxygen atoms in total. The zero-order chi connectivity index (χ0) is 19.9. The molecule has 148 valence electrons. The number of benzene rings is 1. The molecule has 0 bridgehead atoms. The number of piperidine rings is 1. The number of halogens is 1. The number of hydrogen-bond donors (Lipinski definition) is 1. The normalized spacial score (nSPS) is 16.5. The first kappa shape index (κ1) is 18.8. The second-order valence-corrected chi connectivity index (χ2v) is 9.06. The van der Waals surface area contributed by atoms with Crippen LogP contribution in [0.5, 0.6) is 0 Å². The molecule has 0 amide bonds. The Balaban J connectivity index is 1.50. The number of anilines is 1. The second-order valence-electron chi connectivity index (χ2n) is 7.12. The van der Waals surface area contributed by atoms with Crippen LogP contribution in [-0.4, -0.2) is 46.6 Å². The van der Waals surface area contributed by atoms with Gasteiger partial charge in [-0.05, 0) is 31.9 Å². The molecule has 0 radical (unpaired) electrons. The van der Waals surface area contributed by atoms with Crippen molar-refractivity contribution in [2.75, 3.05) is 18.4 Å². The number of sulfonamides is 1. The summed E-state index contributed by atoms with van der Waals surface area (Å²) in [5.74, 6) is -0.346. The second kappa shape index (κ2) is 7.14. The largest absolute Gasteiger partial charge is 0.382 e. The van der Waals surface area contributed by atoms with Crippen LogP contribution in [0.4, 0.5) is 10.1 Å². The van der Waals surface area contributed by atoms with E-state index in [1.54, 1.807) is 13.1 Å². The van der Waals surface area contributed by atoms with Crippen LogP contribution in [0.2, 0.25) is 0 Å². The highest BCUT2D eigenvalue weighted by atomic mass is 32.2. The lowest BCUT2D eigenvalue weighted by Crippen LogP contribution is -2.42.